The Morgan fingerprint density at radius 3 is 2.42 bits per heavy atom. The van der Waals surface area contributed by atoms with Crippen molar-refractivity contribution in [1.29, 1.82) is 0 Å². The van der Waals surface area contributed by atoms with Crippen molar-refractivity contribution in [2.75, 3.05) is 23.1 Å². The van der Waals surface area contributed by atoms with Gasteiger partial charge in [0.25, 0.3) is 10.0 Å². The highest BCUT2D eigenvalue weighted by molar-refractivity contribution is 7.98. The highest BCUT2D eigenvalue weighted by Gasteiger charge is 2.27. The number of hydrogen-bond donors (Lipinski definition) is 1. The zero-order valence-electron chi connectivity index (χ0n) is 18.4. The minimum absolute atomic E-state index is 0.0645. The number of amides is 1. The number of benzene rings is 3. The molecule has 0 aliphatic rings. The van der Waals surface area contributed by atoms with Crippen molar-refractivity contribution in [3.63, 3.8) is 0 Å². The summed E-state index contributed by atoms with van der Waals surface area (Å²) in [7, 11) is -3.99. The molecule has 3 aromatic carbocycles. The minimum atomic E-state index is -3.99. The normalized spacial score (nSPS) is 11.2. The van der Waals surface area contributed by atoms with Crippen LogP contribution in [0.15, 0.2) is 83.8 Å². The Balaban J connectivity index is 1.56. The van der Waals surface area contributed by atoms with E-state index in [1.165, 1.54) is 47.5 Å². The number of hydrogen-bond acceptors (Lipinski definition) is 4. The Hall–Kier alpha value is -2.84. The largest absolute Gasteiger partial charge is 0.354 e. The van der Waals surface area contributed by atoms with Crippen molar-refractivity contribution >= 4 is 33.4 Å². The molecular formula is C25H27FN2O3S2. The number of rotatable bonds is 11. The van der Waals surface area contributed by atoms with Crippen LogP contribution in [0.1, 0.15) is 17.5 Å². The van der Waals surface area contributed by atoms with E-state index in [0.717, 1.165) is 22.2 Å². The second-order valence-corrected chi connectivity index (χ2v) is 10.5. The Morgan fingerprint density at radius 2 is 1.73 bits per heavy atom. The van der Waals surface area contributed by atoms with Gasteiger partial charge in [-0.05, 0) is 61.1 Å². The molecule has 3 aromatic rings. The van der Waals surface area contributed by atoms with Crippen LogP contribution in [0.4, 0.5) is 10.1 Å². The predicted molar refractivity (Wildman–Crippen MR) is 132 cm³/mol. The molecule has 0 heterocycles. The first-order chi connectivity index (χ1) is 15.9. The SMILES string of the molecule is Cc1cccc(CSCCCNC(=O)CN(c2ccc(F)cc2)S(=O)(=O)c2ccccc2)c1. The van der Waals surface area contributed by atoms with Gasteiger partial charge >= 0.3 is 0 Å². The van der Waals surface area contributed by atoms with Crippen LogP contribution in [-0.2, 0) is 20.6 Å². The van der Waals surface area contributed by atoms with Gasteiger partial charge < -0.3 is 5.32 Å². The average molecular weight is 487 g/mol. The third-order valence-corrected chi connectivity index (χ3v) is 7.77. The van der Waals surface area contributed by atoms with Crippen molar-refractivity contribution in [2.24, 2.45) is 0 Å². The molecule has 1 N–H and O–H groups in total. The lowest BCUT2D eigenvalue weighted by Crippen LogP contribution is -2.41. The van der Waals surface area contributed by atoms with Crippen LogP contribution in [-0.4, -0.2) is 33.2 Å². The molecule has 5 nitrogen and oxygen atoms in total. The third kappa shape index (κ3) is 7.33. The molecule has 0 saturated heterocycles. The second kappa shape index (κ2) is 11.9. The van der Waals surface area contributed by atoms with Crippen LogP contribution < -0.4 is 9.62 Å². The lowest BCUT2D eigenvalue weighted by atomic mass is 10.2. The Morgan fingerprint density at radius 1 is 1.00 bits per heavy atom. The summed E-state index contributed by atoms with van der Waals surface area (Å²) in [4.78, 5) is 12.6. The van der Waals surface area contributed by atoms with Crippen molar-refractivity contribution in [3.05, 3.63) is 95.8 Å². The van der Waals surface area contributed by atoms with E-state index in [0.29, 0.717) is 6.54 Å². The molecule has 3 rings (SSSR count). The first kappa shape index (κ1) is 24.8. The van der Waals surface area contributed by atoms with Gasteiger partial charge in [0.05, 0.1) is 10.6 Å². The number of aryl methyl sites for hydroxylation is 1. The fraction of sp³-hybridized carbons (Fsp3) is 0.240. The molecule has 0 saturated carbocycles. The van der Waals surface area contributed by atoms with Gasteiger partial charge in [0.1, 0.15) is 12.4 Å². The van der Waals surface area contributed by atoms with E-state index in [1.54, 1.807) is 30.0 Å². The van der Waals surface area contributed by atoms with Crippen molar-refractivity contribution in [1.82, 2.24) is 5.32 Å². The Labute approximate surface area is 199 Å². The van der Waals surface area contributed by atoms with Crippen molar-refractivity contribution in [2.45, 2.75) is 24.0 Å². The van der Waals surface area contributed by atoms with Crippen LogP contribution in [0.2, 0.25) is 0 Å². The molecule has 0 unspecified atom stereocenters. The van der Waals surface area contributed by atoms with Crippen LogP contribution in [0.5, 0.6) is 0 Å². The van der Waals surface area contributed by atoms with Gasteiger partial charge in [-0.3, -0.25) is 9.10 Å². The quantitative estimate of drug-likeness (QED) is 0.397. The summed E-state index contributed by atoms with van der Waals surface area (Å²) >= 11 is 1.79. The number of carbonyl (C=O) groups excluding carboxylic acids is 1. The Bertz CT molecular complexity index is 1150. The standard InChI is InChI=1S/C25H27FN2O3S2/c1-20-7-5-8-21(17-20)19-32-16-6-15-27-25(29)18-28(23-13-11-22(26)12-14-23)33(30,31)24-9-3-2-4-10-24/h2-5,7-14,17H,6,15-16,18-19H2,1H3,(H,27,29). The summed E-state index contributed by atoms with van der Waals surface area (Å²) in [5.74, 6) is 0.882. The van der Waals surface area contributed by atoms with Crippen LogP contribution >= 0.6 is 11.8 Å². The molecule has 0 radical (unpaired) electrons. The minimum Gasteiger partial charge on any atom is -0.354 e. The van der Waals surface area contributed by atoms with Crippen LogP contribution in [0.25, 0.3) is 0 Å². The second-order valence-electron chi connectivity index (χ2n) is 7.55. The molecule has 0 fully saturated rings. The molecule has 0 aliphatic heterocycles. The first-order valence-corrected chi connectivity index (χ1v) is 13.2. The number of halogens is 1. The summed E-state index contributed by atoms with van der Waals surface area (Å²) in [5, 5.41) is 2.79. The summed E-state index contributed by atoms with van der Waals surface area (Å²) in [6.07, 6.45) is 0.768. The van der Waals surface area contributed by atoms with E-state index in [4.69, 9.17) is 0 Å². The van der Waals surface area contributed by atoms with E-state index in [2.05, 4.69) is 30.4 Å². The lowest BCUT2D eigenvalue weighted by molar-refractivity contribution is -0.119. The van der Waals surface area contributed by atoms with Gasteiger partial charge in [-0.1, -0.05) is 48.0 Å². The van der Waals surface area contributed by atoms with E-state index < -0.39 is 21.7 Å². The highest BCUT2D eigenvalue weighted by Crippen LogP contribution is 2.23. The van der Waals surface area contributed by atoms with E-state index in [9.17, 15) is 17.6 Å². The molecule has 0 spiro atoms. The van der Waals surface area contributed by atoms with Crippen molar-refractivity contribution < 1.29 is 17.6 Å². The monoisotopic (exact) mass is 486 g/mol. The zero-order valence-corrected chi connectivity index (χ0v) is 20.0. The molecule has 0 aliphatic carbocycles. The molecule has 0 bridgehead atoms. The maximum Gasteiger partial charge on any atom is 0.264 e. The number of nitrogens with one attached hydrogen (secondary N) is 1. The molecule has 8 heteroatoms. The van der Waals surface area contributed by atoms with Gasteiger partial charge in [0.15, 0.2) is 0 Å². The predicted octanol–water partition coefficient (Wildman–Crippen LogP) is 4.77. The number of sulfonamides is 1. The van der Waals surface area contributed by atoms with E-state index in [1.807, 2.05) is 6.07 Å². The third-order valence-electron chi connectivity index (χ3n) is 4.87. The van der Waals surface area contributed by atoms with E-state index in [-0.39, 0.29) is 17.1 Å². The fourth-order valence-corrected chi connectivity index (χ4v) is 5.57. The molecule has 0 atom stereocenters. The molecule has 33 heavy (non-hydrogen) atoms. The molecule has 1 amide bonds. The van der Waals surface area contributed by atoms with Crippen molar-refractivity contribution in [3.8, 4) is 0 Å². The Kier molecular flexibility index (Phi) is 8.91. The topological polar surface area (TPSA) is 66.5 Å². The lowest BCUT2D eigenvalue weighted by Gasteiger charge is -2.24. The number of nitrogens with zero attached hydrogens (tertiary/aromatic N) is 1. The van der Waals surface area contributed by atoms with Gasteiger partial charge in [0, 0.05) is 12.3 Å². The smallest absolute Gasteiger partial charge is 0.264 e. The molecular weight excluding hydrogens is 459 g/mol. The van der Waals surface area contributed by atoms with Gasteiger partial charge in [0.2, 0.25) is 5.91 Å². The number of carbonyl (C=O) groups is 1. The summed E-state index contributed by atoms with van der Waals surface area (Å²) < 4.78 is 40.7. The molecule has 0 aromatic heterocycles. The number of thioether (sulfide) groups is 1. The van der Waals surface area contributed by atoms with Gasteiger partial charge in [-0.25, -0.2) is 12.8 Å². The summed E-state index contributed by atoms with van der Waals surface area (Å²) in [5.41, 5.74) is 2.73. The first-order valence-electron chi connectivity index (χ1n) is 10.6. The maximum atomic E-state index is 13.4. The van der Waals surface area contributed by atoms with E-state index >= 15 is 0 Å². The maximum absolute atomic E-state index is 13.4. The molecule has 174 valence electrons. The van der Waals surface area contributed by atoms with Gasteiger partial charge in [-0.15, -0.1) is 0 Å². The zero-order chi connectivity index (χ0) is 23.7. The van der Waals surface area contributed by atoms with Crippen LogP contribution in [0, 0.1) is 12.7 Å². The average Bonchev–Trinajstić information content (AvgIpc) is 2.81. The summed E-state index contributed by atoms with van der Waals surface area (Å²) in [6.45, 7) is 2.12. The fourth-order valence-electron chi connectivity index (χ4n) is 3.22. The summed E-state index contributed by atoms with van der Waals surface area (Å²) in [6, 6.07) is 21.3. The number of anilines is 1. The van der Waals surface area contributed by atoms with Gasteiger partial charge in [-0.2, -0.15) is 11.8 Å². The van der Waals surface area contributed by atoms with Crippen LogP contribution in [0.3, 0.4) is 0 Å². The highest BCUT2D eigenvalue weighted by atomic mass is 32.2.